The van der Waals surface area contributed by atoms with Gasteiger partial charge in [0, 0.05) is 18.7 Å². The normalized spacial score (nSPS) is 11.7. The number of rotatable bonds is 11. The zero-order valence-corrected chi connectivity index (χ0v) is 20.9. The summed E-state index contributed by atoms with van der Waals surface area (Å²) in [7, 11) is 3.16. The van der Waals surface area contributed by atoms with Gasteiger partial charge in [-0.15, -0.1) is 0 Å². The molecular weight excluding hydrogens is 444 g/mol. The second-order valence-electron chi connectivity index (χ2n) is 8.63. The van der Waals surface area contributed by atoms with E-state index in [2.05, 4.69) is 36.5 Å². The van der Waals surface area contributed by atoms with Gasteiger partial charge in [-0.05, 0) is 35.1 Å². The van der Waals surface area contributed by atoms with Crippen molar-refractivity contribution in [2.45, 2.75) is 40.0 Å². The van der Waals surface area contributed by atoms with E-state index >= 15 is 0 Å². The largest absolute Gasteiger partial charge is 0.496 e. The van der Waals surface area contributed by atoms with Crippen molar-refractivity contribution in [1.82, 2.24) is 10.8 Å². The minimum atomic E-state index is -0.579. The van der Waals surface area contributed by atoms with E-state index in [1.807, 2.05) is 50.2 Å². The molecule has 7 heteroatoms. The number of hydroxylamine groups is 1. The Bertz CT molecular complexity index is 1110. The Balaban J connectivity index is 1.80. The number of methoxy groups -OCH3 is 2. The van der Waals surface area contributed by atoms with Gasteiger partial charge in [0.2, 0.25) is 0 Å². The lowest BCUT2D eigenvalue weighted by Crippen LogP contribution is -2.46. The molecule has 0 fully saturated rings. The Morgan fingerprint density at radius 3 is 2.20 bits per heavy atom. The second kappa shape index (κ2) is 12.2. The number of hydrogen-bond donors (Lipinski definition) is 3. The fourth-order valence-corrected chi connectivity index (χ4v) is 4.06. The molecule has 35 heavy (non-hydrogen) atoms. The van der Waals surface area contributed by atoms with Crippen LogP contribution in [-0.4, -0.2) is 31.4 Å². The van der Waals surface area contributed by atoms with Gasteiger partial charge in [-0.2, -0.15) is 0 Å². The average Bonchev–Trinajstić information content (AvgIpc) is 2.88. The third-order valence-electron chi connectivity index (χ3n) is 6.06. The van der Waals surface area contributed by atoms with Crippen molar-refractivity contribution in [3.8, 4) is 28.4 Å². The Morgan fingerprint density at radius 1 is 0.971 bits per heavy atom. The van der Waals surface area contributed by atoms with Gasteiger partial charge in [-0.1, -0.05) is 62.4 Å². The lowest BCUT2D eigenvalue weighted by Gasteiger charge is -2.22. The molecule has 0 spiro atoms. The lowest BCUT2D eigenvalue weighted by atomic mass is 9.97. The van der Waals surface area contributed by atoms with Crippen molar-refractivity contribution >= 4 is 5.91 Å². The van der Waals surface area contributed by atoms with Gasteiger partial charge in [0.25, 0.3) is 5.91 Å². The van der Waals surface area contributed by atoms with Crippen molar-refractivity contribution in [2.75, 3.05) is 14.2 Å². The van der Waals surface area contributed by atoms with Crippen LogP contribution in [0.5, 0.6) is 17.2 Å². The molecular formula is C28H34N2O5. The lowest BCUT2D eigenvalue weighted by molar-refractivity contribution is -0.132. The van der Waals surface area contributed by atoms with Crippen LogP contribution in [0.4, 0.5) is 0 Å². The molecule has 0 saturated carbocycles. The second-order valence-corrected chi connectivity index (χ2v) is 8.63. The number of nitrogens with one attached hydrogen (secondary N) is 2. The molecule has 0 aliphatic carbocycles. The van der Waals surface area contributed by atoms with Crippen LogP contribution in [0.3, 0.4) is 0 Å². The van der Waals surface area contributed by atoms with Crippen LogP contribution < -0.4 is 25.0 Å². The quantitative estimate of drug-likeness (QED) is 0.269. The van der Waals surface area contributed by atoms with E-state index in [-0.39, 0.29) is 5.92 Å². The highest BCUT2D eigenvalue weighted by atomic mass is 16.5. The summed E-state index contributed by atoms with van der Waals surface area (Å²) in [5.74, 6) is 1.24. The van der Waals surface area contributed by atoms with E-state index < -0.39 is 11.9 Å². The first-order valence-corrected chi connectivity index (χ1v) is 11.6. The zero-order chi connectivity index (χ0) is 25.4. The number of carbonyl (C=O) groups excluding carboxylic acids is 1. The van der Waals surface area contributed by atoms with Crippen molar-refractivity contribution in [2.24, 2.45) is 5.92 Å². The van der Waals surface area contributed by atoms with E-state index in [0.29, 0.717) is 30.4 Å². The van der Waals surface area contributed by atoms with Crippen LogP contribution in [0.1, 0.15) is 30.5 Å². The topological polar surface area (TPSA) is 89.0 Å². The minimum absolute atomic E-state index is 0.0309. The molecule has 0 bridgehead atoms. The van der Waals surface area contributed by atoms with Crippen LogP contribution in [0.25, 0.3) is 11.1 Å². The molecule has 3 rings (SSSR count). The number of carbonyl (C=O) groups is 1. The molecule has 0 saturated heterocycles. The predicted octanol–water partition coefficient (Wildman–Crippen LogP) is 4.88. The van der Waals surface area contributed by atoms with Crippen LogP contribution in [0, 0.1) is 12.8 Å². The van der Waals surface area contributed by atoms with Gasteiger partial charge in [0.15, 0.2) is 0 Å². The molecule has 3 aromatic rings. The van der Waals surface area contributed by atoms with Crippen molar-refractivity contribution in [3.05, 3.63) is 77.4 Å². The van der Waals surface area contributed by atoms with Gasteiger partial charge in [-0.25, -0.2) is 5.48 Å². The molecule has 7 nitrogen and oxygen atoms in total. The molecule has 186 valence electrons. The van der Waals surface area contributed by atoms with Gasteiger partial charge in [0.05, 0.1) is 25.8 Å². The first-order valence-electron chi connectivity index (χ1n) is 11.6. The van der Waals surface area contributed by atoms with Crippen LogP contribution in [-0.2, 0) is 17.9 Å². The van der Waals surface area contributed by atoms with E-state index in [1.165, 1.54) is 16.7 Å². The molecule has 1 atom stereocenters. The number of hydrogen-bond acceptors (Lipinski definition) is 6. The summed E-state index contributed by atoms with van der Waals surface area (Å²) in [6, 6.07) is 19.5. The molecule has 0 aliphatic heterocycles. The van der Waals surface area contributed by atoms with Crippen LogP contribution in [0.2, 0.25) is 0 Å². The maximum absolute atomic E-state index is 12.0. The van der Waals surface area contributed by atoms with Crippen molar-refractivity contribution in [3.63, 3.8) is 0 Å². The van der Waals surface area contributed by atoms with Crippen molar-refractivity contribution in [1.29, 1.82) is 0 Å². The predicted molar refractivity (Wildman–Crippen MR) is 136 cm³/mol. The summed E-state index contributed by atoms with van der Waals surface area (Å²) >= 11 is 0. The third kappa shape index (κ3) is 6.32. The molecule has 0 aromatic heterocycles. The summed E-state index contributed by atoms with van der Waals surface area (Å²) in [6.45, 7) is 6.59. The summed E-state index contributed by atoms with van der Waals surface area (Å²) < 4.78 is 17.4. The van der Waals surface area contributed by atoms with Gasteiger partial charge >= 0.3 is 0 Å². The average molecular weight is 479 g/mol. The van der Waals surface area contributed by atoms with E-state index in [0.717, 1.165) is 11.1 Å². The summed E-state index contributed by atoms with van der Waals surface area (Å²) in [6.07, 6.45) is 0. The van der Waals surface area contributed by atoms with E-state index in [1.54, 1.807) is 19.7 Å². The standard InChI is InChI=1S/C28H34N2O5/c1-18(2)27(28(31)30-32)29-16-24-25(33-4)14-22(15-26(24)34-5)35-17-21-12-9-13-23(19(21)3)20-10-7-6-8-11-20/h6-15,18,27,29,32H,16-17H2,1-5H3,(H,30,31). The molecule has 1 unspecified atom stereocenters. The van der Waals surface area contributed by atoms with Gasteiger partial charge < -0.3 is 19.5 Å². The molecule has 0 heterocycles. The van der Waals surface area contributed by atoms with Gasteiger partial charge in [-0.3, -0.25) is 10.0 Å². The number of ether oxygens (including phenoxy) is 3. The summed E-state index contributed by atoms with van der Waals surface area (Å²) in [5, 5.41) is 12.2. The Morgan fingerprint density at radius 2 is 1.63 bits per heavy atom. The highest BCUT2D eigenvalue weighted by Crippen LogP contribution is 2.35. The zero-order valence-electron chi connectivity index (χ0n) is 20.9. The Labute approximate surface area is 207 Å². The molecule has 3 aromatic carbocycles. The Kier molecular flexibility index (Phi) is 9.11. The van der Waals surface area contributed by atoms with Crippen LogP contribution in [0.15, 0.2) is 60.7 Å². The highest BCUT2D eigenvalue weighted by Gasteiger charge is 2.23. The summed E-state index contributed by atoms with van der Waals surface area (Å²) in [5.41, 5.74) is 7.07. The fraction of sp³-hybridized carbons (Fsp3) is 0.321. The van der Waals surface area contributed by atoms with Crippen molar-refractivity contribution < 1.29 is 24.2 Å². The maximum Gasteiger partial charge on any atom is 0.260 e. The first-order chi connectivity index (χ1) is 16.9. The molecule has 0 aliphatic rings. The van der Waals surface area contributed by atoms with E-state index in [9.17, 15) is 4.79 Å². The molecule has 0 radical (unpaired) electrons. The first kappa shape index (κ1) is 26.1. The van der Waals surface area contributed by atoms with Crippen LogP contribution >= 0.6 is 0 Å². The third-order valence-corrected chi connectivity index (χ3v) is 6.06. The SMILES string of the molecule is COc1cc(OCc2cccc(-c3ccccc3)c2C)cc(OC)c1CNC(C(=O)NO)C(C)C. The monoisotopic (exact) mass is 478 g/mol. The smallest absolute Gasteiger partial charge is 0.260 e. The number of benzene rings is 3. The highest BCUT2D eigenvalue weighted by molar-refractivity contribution is 5.80. The van der Waals surface area contributed by atoms with E-state index in [4.69, 9.17) is 19.4 Å². The molecule has 3 N–H and O–H groups in total. The van der Waals surface area contributed by atoms with Gasteiger partial charge in [0.1, 0.15) is 23.9 Å². The maximum atomic E-state index is 12.0. The minimum Gasteiger partial charge on any atom is -0.496 e. The summed E-state index contributed by atoms with van der Waals surface area (Å²) in [4.78, 5) is 12.0. The number of amides is 1. The fourth-order valence-electron chi connectivity index (χ4n) is 4.06. The Hall–Kier alpha value is -3.55. The molecule has 1 amide bonds.